The molecule has 0 bridgehead atoms. The van der Waals surface area contributed by atoms with Crippen LogP contribution in [0.4, 0.5) is 0 Å². The van der Waals surface area contributed by atoms with Gasteiger partial charge in [-0.25, -0.2) is 9.79 Å². The molecule has 7 heteroatoms. The number of nitrogens with zero attached hydrogens (tertiary/aromatic N) is 1. The number of aliphatic imine (C=N–C) groups is 1. The van der Waals surface area contributed by atoms with Gasteiger partial charge in [0.25, 0.3) is 0 Å². The second kappa shape index (κ2) is 5.93. The number of ether oxygens (including phenoxy) is 1. The molecule has 1 aliphatic heterocycles. The van der Waals surface area contributed by atoms with Gasteiger partial charge in [0.05, 0.1) is 10.6 Å². The average molecular weight is 403 g/mol. The Kier molecular flexibility index (Phi) is 4.17. The Labute approximate surface area is 143 Å². The Bertz CT molecular complexity index is 798. The highest BCUT2D eigenvalue weighted by molar-refractivity contribution is 9.10. The van der Waals surface area contributed by atoms with Crippen molar-refractivity contribution in [3.05, 3.63) is 60.3 Å². The van der Waals surface area contributed by atoms with Gasteiger partial charge < -0.3 is 4.74 Å². The summed E-state index contributed by atoms with van der Waals surface area (Å²) in [6.45, 7) is 0. The van der Waals surface area contributed by atoms with E-state index in [0.29, 0.717) is 15.6 Å². The van der Waals surface area contributed by atoms with Crippen molar-refractivity contribution < 1.29 is 9.53 Å². The topological polar surface area (TPSA) is 38.7 Å². The number of benzene rings is 1. The van der Waals surface area contributed by atoms with Crippen molar-refractivity contribution in [3.63, 3.8) is 0 Å². The van der Waals surface area contributed by atoms with E-state index in [-0.39, 0.29) is 11.6 Å². The Morgan fingerprint density at radius 2 is 2.10 bits per heavy atom. The molecule has 0 radical (unpaired) electrons. The number of cyclic esters (lactones) is 1. The number of carbonyl (C=O) groups is 1. The zero-order chi connectivity index (χ0) is 15.0. The minimum absolute atomic E-state index is 0.161. The summed E-state index contributed by atoms with van der Waals surface area (Å²) in [5, 5.41) is 2.84. The molecule has 1 aliphatic rings. The van der Waals surface area contributed by atoms with Gasteiger partial charge in [0.2, 0.25) is 5.90 Å². The van der Waals surface area contributed by atoms with Crippen molar-refractivity contribution in [3.8, 4) is 0 Å². The molecule has 3 rings (SSSR count). The lowest BCUT2D eigenvalue weighted by molar-refractivity contribution is -0.129. The number of hydrogen-bond donors (Lipinski definition) is 0. The highest BCUT2D eigenvalue weighted by Crippen LogP contribution is 2.28. The third kappa shape index (κ3) is 3.21. The number of halogens is 3. The van der Waals surface area contributed by atoms with Crippen LogP contribution in [0.3, 0.4) is 0 Å². The SMILES string of the molecule is O=C1OC(c2cc(Cl)ccc2Cl)=N/C1=C/c1cc(Br)cs1. The first-order valence-corrected chi connectivity index (χ1v) is 8.18. The van der Waals surface area contributed by atoms with Gasteiger partial charge in [-0.3, -0.25) is 0 Å². The molecule has 0 spiro atoms. The summed E-state index contributed by atoms with van der Waals surface area (Å²) in [5.41, 5.74) is 0.726. The number of thiophene rings is 1. The molecule has 1 aromatic heterocycles. The largest absolute Gasteiger partial charge is 0.402 e. The zero-order valence-corrected chi connectivity index (χ0v) is 14.2. The molecule has 0 saturated carbocycles. The standard InChI is InChI=1S/C14H6BrCl2NO2S/c15-7-3-9(21-6-7)5-12-14(19)20-13(18-12)10-4-8(16)1-2-11(10)17/h1-6H/b12-5+. The fourth-order valence-electron chi connectivity index (χ4n) is 1.72. The van der Waals surface area contributed by atoms with Gasteiger partial charge in [-0.2, -0.15) is 0 Å². The lowest BCUT2D eigenvalue weighted by Crippen LogP contribution is -2.05. The second-order valence-electron chi connectivity index (χ2n) is 4.13. The van der Waals surface area contributed by atoms with Gasteiger partial charge >= 0.3 is 5.97 Å². The first-order valence-electron chi connectivity index (χ1n) is 5.75. The van der Waals surface area contributed by atoms with Crippen LogP contribution in [0, 0.1) is 0 Å². The molecule has 106 valence electrons. The van der Waals surface area contributed by atoms with E-state index in [1.165, 1.54) is 11.3 Å². The maximum absolute atomic E-state index is 11.9. The molecule has 0 saturated heterocycles. The quantitative estimate of drug-likeness (QED) is 0.513. The smallest absolute Gasteiger partial charge is 0.363 e. The fourth-order valence-corrected chi connectivity index (χ4v) is 3.46. The first kappa shape index (κ1) is 14.8. The van der Waals surface area contributed by atoms with Crippen LogP contribution in [0.5, 0.6) is 0 Å². The van der Waals surface area contributed by atoms with Crippen LogP contribution in [0.25, 0.3) is 6.08 Å². The van der Waals surface area contributed by atoms with Crippen LogP contribution in [0.15, 0.2) is 44.8 Å². The van der Waals surface area contributed by atoms with Crippen LogP contribution in [0.1, 0.15) is 10.4 Å². The van der Waals surface area contributed by atoms with E-state index in [1.54, 1.807) is 24.3 Å². The fraction of sp³-hybridized carbons (Fsp3) is 0. The van der Waals surface area contributed by atoms with Gasteiger partial charge in [-0.1, -0.05) is 23.2 Å². The number of carbonyl (C=O) groups excluding carboxylic acids is 1. The predicted molar refractivity (Wildman–Crippen MR) is 89.1 cm³/mol. The number of rotatable bonds is 2. The molecule has 1 aromatic carbocycles. The lowest BCUT2D eigenvalue weighted by Gasteiger charge is -2.02. The van der Waals surface area contributed by atoms with Crippen LogP contribution in [0.2, 0.25) is 10.0 Å². The van der Waals surface area contributed by atoms with Crippen molar-refractivity contribution in [2.24, 2.45) is 4.99 Å². The first-order chi connectivity index (χ1) is 10.0. The Balaban J connectivity index is 1.99. The molecular formula is C14H6BrCl2NO2S. The predicted octanol–water partition coefficient (Wildman–Crippen LogP) is 5.16. The molecule has 0 aliphatic carbocycles. The molecule has 0 fully saturated rings. The van der Waals surface area contributed by atoms with E-state index in [2.05, 4.69) is 20.9 Å². The van der Waals surface area contributed by atoms with E-state index in [1.807, 2.05) is 11.4 Å². The molecule has 0 amide bonds. The Hall–Kier alpha value is -1.14. The van der Waals surface area contributed by atoms with Crippen LogP contribution in [-0.4, -0.2) is 11.9 Å². The van der Waals surface area contributed by atoms with E-state index in [0.717, 1.165) is 9.35 Å². The lowest BCUT2D eigenvalue weighted by atomic mass is 10.2. The molecule has 2 heterocycles. The van der Waals surface area contributed by atoms with E-state index < -0.39 is 5.97 Å². The van der Waals surface area contributed by atoms with Gasteiger partial charge in [0.15, 0.2) is 5.70 Å². The van der Waals surface area contributed by atoms with E-state index in [9.17, 15) is 4.79 Å². The maximum Gasteiger partial charge on any atom is 0.363 e. The van der Waals surface area contributed by atoms with Crippen LogP contribution < -0.4 is 0 Å². The minimum atomic E-state index is -0.509. The molecule has 21 heavy (non-hydrogen) atoms. The van der Waals surface area contributed by atoms with Crippen molar-refractivity contribution in [1.29, 1.82) is 0 Å². The van der Waals surface area contributed by atoms with Crippen molar-refractivity contribution in [2.75, 3.05) is 0 Å². The highest BCUT2D eigenvalue weighted by atomic mass is 79.9. The molecule has 0 unspecified atom stereocenters. The van der Waals surface area contributed by atoms with Gasteiger partial charge in [-0.15, -0.1) is 11.3 Å². The third-order valence-corrected chi connectivity index (χ3v) is 4.85. The van der Waals surface area contributed by atoms with Crippen molar-refractivity contribution >= 4 is 68.4 Å². The second-order valence-corrected chi connectivity index (χ2v) is 6.83. The summed E-state index contributed by atoms with van der Waals surface area (Å²) in [7, 11) is 0. The molecule has 3 nitrogen and oxygen atoms in total. The summed E-state index contributed by atoms with van der Waals surface area (Å²) < 4.78 is 6.12. The summed E-state index contributed by atoms with van der Waals surface area (Å²) in [5.74, 6) is -0.347. The Morgan fingerprint density at radius 1 is 1.29 bits per heavy atom. The summed E-state index contributed by atoms with van der Waals surface area (Å²) >= 11 is 16.9. The van der Waals surface area contributed by atoms with Crippen molar-refractivity contribution in [1.82, 2.24) is 0 Å². The molecule has 0 N–H and O–H groups in total. The molecule has 2 aromatic rings. The summed E-state index contributed by atoms with van der Waals surface area (Å²) in [6.07, 6.45) is 1.67. The third-order valence-electron chi connectivity index (χ3n) is 2.65. The summed E-state index contributed by atoms with van der Waals surface area (Å²) in [4.78, 5) is 17.0. The van der Waals surface area contributed by atoms with E-state index >= 15 is 0 Å². The average Bonchev–Trinajstić information content (AvgIpc) is 3.00. The molecular weight excluding hydrogens is 397 g/mol. The van der Waals surface area contributed by atoms with Crippen molar-refractivity contribution in [2.45, 2.75) is 0 Å². The zero-order valence-electron chi connectivity index (χ0n) is 10.3. The van der Waals surface area contributed by atoms with Gasteiger partial charge in [-0.05, 0) is 46.3 Å². The highest BCUT2D eigenvalue weighted by Gasteiger charge is 2.25. The maximum atomic E-state index is 11.9. The normalized spacial score (nSPS) is 16.2. The van der Waals surface area contributed by atoms with Crippen LogP contribution in [-0.2, 0) is 9.53 Å². The van der Waals surface area contributed by atoms with E-state index in [4.69, 9.17) is 27.9 Å². The minimum Gasteiger partial charge on any atom is -0.402 e. The Morgan fingerprint density at radius 3 is 2.81 bits per heavy atom. The van der Waals surface area contributed by atoms with Gasteiger partial charge in [0, 0.05) is 19.8 Å². The summed E-state index contributed by atoms with van der Waals surface area (Å²) in [6, 6.07) is 6.80. The number of esters is 1. The molecule has 0 atom stereocenters. The number of hydrogen-bond acceptors (Lipinski definition) is 4. The monoisotopic (exact) mass is 401 g/mol. The van der Waals surface area contributed by atoms with Gasteiger partial charge in [0.1, 0.15) is 0 Å². The van der Waals surface area contributed by atoms with Crippen LogP contribution >= 0.6 is 50.5 Å².